The van der Waals surface area contributed by atoms with Gasteiger partial charge in [0.1, 0.15) is 30.3 Å². The van der Waals surface area contributed by atoms with Crippen molar-refractivity contribution in [3.63, 3.8) is 0 Å². The molecular weight excluding hydrogens is 515 g/mol. The molecular formula is C27H20ClFN4O5. The number of ether oxygens (including phenoxy) is 3. The van der Waals surface area contributed by atoms with Crippen LogP contribution in [0.1, 0.15) is 17.5 Å². The molecule has 0 amide bonds. The number of benzene rings is 3. The fourth-order valence-corrected chi connectivity index (χ4v) is 4.27. The van der Waals surface area contributed by atoms with Crippen LogP contribution in [0, 0.1) is 27.3 Å². The molecule has 0 aliphatic carbocycles. The van der Waals surface area contributed by atoms with Crippen LogP contribution in [0.25, 0.3) is 10.9 Å². The minimum Gasteiger partial charge on any atom is -0.487 e. The third kappa shape index (κ3) is 5.44. The van der Waals surface area contributed by atoms with Crippen LogP contribution in [-0.4, -0.2) is 29.2 Å². The summed E-state index contributed by atoms with van der Waals surface area (Å²) in [6, 6.07) is 15.8. The Balaban J connectivity index is 1.44. The highest BCUT2D eigenvalue weighted by molar-refractivity contribution is 6.32. The standard InChI is InChI=1S/C27H20ClFN4O5/c28-22-9-19(5-6-25(22)37-14-16-1-3-18(29)4-2-16)32-27-17(12-30)13-31-23-11-26(38-20-7-8-36-15-20)24(33(34)35)10-21(23)27/h1-6,9-11,13,20H,7-8,14-15H2,(H,31,32). The van der Waals surface area contributed by atoms with E-state index in [-0.39, 0.29) is 35.5 Å². The quantitative estimate of drug-likeness (QED) is 0.207. The zero-order chi connectivity index (χ0) is 26.6. The number of nitrogens with one attached hydrogen (secondary N) is 1. The van der Waals surface area contributed by atoms with Gasteiger partial charge in [0.2, 0.25) is 0 Å². The monoisotopic (exact) mass is 534 g/mol. The molecule has 3 aromatic carbocycles. The molecule has 0 saturated carbocycles. The van der Waals surface area contributed by atoms with Crippen molar-refractivity contribution in [2.24, 2.45) is 0 Å². The average molecular weight is 535 g/mol. The predicted octanol–water partition coefficient (Wildman–Crippen LogP) is 6.30. The highest BCUT2D eigenvalue weighted by Crippen LogP contribution is 2.38. The van der Waals surface area contributed by atoms with Gasteiger partial charge in [0.15, 0.2) is 5.75 Å². The molecule has 9 nitrogen and oxygen atoms in total. The zero-order valence-corrected chi connectivity index (χ0v) is 20.6. The Bertz CT molecular complexity index is 1550. The van der Waals surface area contributed by atoms with Gasteiger partial charge < -0.3 is 19.5 Å². The summed E-state index contributed by atoms with van der Waals surface area (Å²) in [6.07, 6.45) is 1.74. The SMILES string of the molecule is N#Cc1cnc2cc(OC3CCOC3)c([N+](=O)[O-])cc2c1Nc1ccc(OCc2ccc(F)cc2)c(Cl)c1. The van der Waals surface area contributed by atoms with Gasteiger partial charge in [-0.25, -0.2) is 4.39 Å². The second kappa shape index (κ2) is 10.9. The van der Waals surface area contributed by atoms with E-state index >= 15 is 0 Å². The molecule has 0 spiro atoms. The smallest absolute Gasteiger partial charge is 0.311 e. The number of nitro benzene ring substituents is 1. The average Bonchev–Trinajstić information content (AvgIpc) is 3.42. The summed E-state index contributed by atoms with van der Waals surface area (Å²) < 4.78 is 30.0. The molecule has 1 aromatic heterocycles. The number of anilines is 2. The van der Waals surface area contributed by atoms with Gasteiger partial charge in [-0.2, -0.15) is 5.26 Å². The van der Waals surface area contributed by atoms with Crippen molar-refractivity contribution in [1.29, 1.82) is 5.26 Å². The topological polar surface area (TPSA) is 120 Å². The third-order valence-electron chi connectivity index (χ3n) is 5.96. The lowest BCUT2D eigenvalue weighted by Crippen LogP contribution is -2.16. The lowest BCUT2D eigenvalue weighted by molar-refractivity contribution is -0.385. The number of pyridine rings is 1. The van der Waals surface area contributed by atoms with Crippen molar-refractivity contribution >= 4 is 39.6 Å². The van der Waals surface area contributed by atoms with E-state index in [2.05, 4.69) is 16.4 Å². The number of halogens is 2. The minimum atomic E-state index is -0.530. The van der Waals surface area contributed by atoms with Gasteiger partial charge in [-0.15, -0.1) is 0 Å². The fraction of sp³-hybridized carbons (Fsp3) is 0.185. The number of aromatic nitrogens is 1. The van der Waals surface area contributed by atoms with E-state index in [0.717, 1.165) is 5.56 Å². The Morgan fingerprint density at radius 1 is 1.21 bits per heavy atom. The van der Waals surface area contributed by atoms with E-state index in [1.54, 1.807) is 30.3 Å². The maximum atomic E-state index is 13.1. The number of hydrogen-bond acceptors (Lipinski definition) is 8. The molecule has 38 heavy (non-hydrogen) atoms. The molecule has 1 fully saturated rings. The van der Waals surface area contributed by atoms with Gasteiger partial charge in [-0.05, 0) is 35.9 Å². The first-order valence-electron chi connectivity index (χ1n) is 11.6. The normalized spacial score (nSPS) is 14.7. The van der Waals surface area contributed by atoms with Crippen LogP contribution in [-0.2, 0) is 11.3 Å². The Morgan fingerprint density at radius 3 is 2.71 bits per heavy atom. The molecule has 1 unspecified atom stereocenters. The second-order valence-electron chi connectivity index (χ2n) is 8.54. The van der Waals surface area contributed by atoms with E-state index < -0.39 is 4.92 Å². The summed E-state index contributed by atoms with van der Waals surface area (Å²) in [5.74, 6) is 0.168. The molecule has 1 atom stereocenters. The number of nitrogens with zero attached hydrogens (tertiary/aromatic N) is 3. The number of nitriles is 1. The van der Waals surface area contributed by atoms with Crippen molar-refractivity contribution in [3.05, 3.63) is 92.9 Å². The second-order valence-corrected chi connectivity index (χ2v) is 8.95. The largest absolute Gasteiger partial charge is 0.487 e. The van der Waals surface area contributed by atoms with Gasteiger partial charge in [0.25, 0.3) is 0 Å². The van der Waals surface area contributed by atoms with Crippen molar-refractivity contribution in [1.82, 2.24) is 4.98 Å². The Kier molecular flexibility index (Phi) is 7.22. The molecule has 5 rings (SSSR count). The number of fused-ring (bicyclic) bond motifs is 1. The van der Waals surface area contributed by atoms with Crippen LogP contribution in [0.3, 0.4) is 0 Å². The summed E-state index contributed by atoms with van der Waals surface area (Å²) in [4.78, 5) is 15.6. The van der Waals surface area contributed by atoms with E-state index in [1.165, 1.54) is 30.5 Å². The highest BCUT2D eigenvalue weighted by Gasteiger charge is 2.25. The van der Waals surface area contributed by atoms with E-state index in [4.69, 9.17) is 25.8 Å². The molecule has 11 heteroatoms. The lowest BCUT2D eigenvalue weighted by atomic mass is 10.1. The molecule has 1 N–H and O–H groups in total. The number of nitro groups is 1. The molecule has 4 aromatic rings. The summed E-state index contributed by atoms with van der Waals surface area (Å²) in [7, 11) is 0. The Labute approximate surface area is 221 Å². The number of hydrogen-bond donors (Lipinski definition) is 1. The highest BCUT2D eigenvalue weighted by atomic mass is 35.5. The summed E-state index contributed by atoms with van der Waals surface area (Å²) in [5.41, 5.74) is 2.00. The van der Waals surface area contributed by atoms with Crippen molar-refractivity contribution in [2.45, 2.75) is 19.1 Å². The maximum absolute atomic E-state index is 13.1. The van der Waals surface area contributed by atoms with Gasteiger partial charge in [0, 0.05) is 35.8 Å². The molecule has 0 bridgehead atoms. The maximum Gasteiger partial charge on any atom is 0.311 e. The van der Waals surface area contributed by atoms with Gasteiger partial charge in [-0.1, -0.05) is 23.7 Å². The van der Waals surface area contributed by atoms with E-state index in [9.17, 15) is 19.8 Å². The molecule has 1 aliphatic heterocycles. The minimum absolute atomic E-state index is 0.0897. The first-order valence-corrected chi connectivity index (χ1v) is 12.0. The molecule has 192 valence electrons. The molecule has 2 heterocycles. The van der Waals surface area contributed by atoms with Gasteiger partial charge >= 0.3 is 5.69 Å². The third-order valence-corrected chi connectivity index (χ3v) is 6.25. The number of rotatable bonds is 8. The summed E-state index contributed by atoms with van der Waals surface area (Å²) in [6.45, 7) is 1.08. The van der Waals surface area contributed by atoms with E-state index in [0.29, 0.717) is 52.7 Å². The van der Waals surface area contributed by atoms with E-state index in [1.807, 2.05) is 0 Å². The first kappa shape index (κ1) is 25.2. The van der Waals surface area contributed by atoms with Gasteiger partial charge in [-0.3, -0.25) is 15.1 Å². The fourth-order valence-electron chi connectivity index (χ4n) is 4.03. The predicted molar refractivity (Wildman–Crippen MR) is 138 cm³/mol. The van der Waals surface area contributed by atoms with Crippen LogP contribution in [0.2, 0.25) is 5.02 Å². The lowest BCUT2D eigenvalue weighted by Gasteiger charge is -2.16. The zero-order valence-electron chi connectivity index (χ0n) is 19.8. The van der Waals surface area contributed by atoms with Crippen LogP contribution in [0.5, 0.6) is 11.5 Å². The van der Waals surface area contributed by atoms with Crippen molar-refractivity contribution in [3.8, 4) is 17.6 Å². The molecule has 1 aliphatic rings. The Hall–Kier alpha value is -4.46. The van der Waals surface area contributed by atoms with Gasteiger partial charge in [0.05, 0.1) is 39.9 Å². The Morgan fingerprint density at radius 2 is 2.03 bits per heavy atom. The molecule has 0 radical (unpaired) electrons. The van der Waals surface area contributed by atoms with Crippen LogP contribution < -0.4 is 14.8 Å². The van der Waals surface area contributed by atoms with Crippen molar-refractivity contribution < 1.29 is 23.5 Å². The van der Waals surface area contributed by atoms with Crippen LogP contribution in [0.4, 0.5) is 21.5 Å². The van der Waals surface area contributed by atoms with Crippen LogP contribution in [0.15, 0.2) is 60.8 Å². The summed E-state index contributed by atoms with van der Waals surface area (Å²) in [5, 5.41) is 25.4. The molecule has 1 saturated heterocycles. The summed E-state index contributed by atoms with van der Waals surface area (Å²) >= 11 is 6.43. The van der Waals surface area contributed by atoms with Crippen molar-refractivity contribution in [2.75, 3.05) is 18.5 Å². The van der Waals surface area contributed by atoms with Crippen LogP contribution >= 0.6 is 11.6 Å². The first-order chi connectivity index (χ1) is 18.4.